The van der Waals surface area contributed by atoms with E-state index >= 15 is 0 Å². The zero-order chi connectivity index (χ0) is 15.1. The summed E-state index contributed by atoms with van der Waals surface area (Å²) < 4.78 is -0.0575. The first-order valence-electron chi connectivity index (χ1n) is 9.18. The number of quaternary nitrogens is 1. The Bertz CT molecular complexity index is 192. The number of unbranched alkanes of at least 4 members (excludes halogenated alkanes) is 12. The molecule has 0 fully saturated rings. The Labute approximate surface area is 128 Å². The van der Waals surface area contributed by atoms with Gasteiger partial charge in [-0.1, -0.05) is 77.6 Å². The van der Waals surface area contributed by atoms with Crippen LogP contribution in [0.2, 0.25) is 0 Å². The highest BCUT2D eigenvalue weighted by atomic mass is 16.5. The van der Waals surface area contributed by atoms with Crippen LogP contribution in [0.5, 0.6) is 0 Å². The molecule has 20 heavy (non-hydrogen) atoms. The summed E-state index contributed by atoms with van der Waals surface area (Å²) in [7, 11) is 1.79. The molecular formula is C18H39NO. The Hall–Kier alpha value is -0.0800. The van der Waals surface area contributed by atoms with Crippen molar-refractivity contribution in [2.24, 2.45) is 0 Å². The number of hydrogen-bond acceptors (Lipinski definition) is 1. The lowest BCUT2D eigenvalue weighted by molar-refractivity contribution is -0.859. The van der Waals surface area contributed by atoms with Crippen LogP contribution in [0.15, 0.2) is 0 Å². The normalized spacial score (nSPS) is 14.4. The molecule has 122 valence electrons. The molecule has 0 aromatic carbocycles. The van der Waals surface area contributed by atoms with E-state index in [1.165, 1.54) is 77.0 Å². The van der Waals surface area contributed by atoms with Crippen LogP contribution in [0.25, 0.3) is 0 Å². The van der Waals surface area contributed by atoms with Crippen molar-refractivity contribution in [3.05, 3.63) is 5.21 Å². The summed E-state index contributed by atoms with van der Waals surface area (Å²) in [6.45, 7) is 5.76. The second-order valence-corrected chi connectivity index (χ2v) is 6.58. The fraction of sp³-hybridized carbons (Fsp3) is 1.00. The molecule has 0 heterocycles. The predicted octanol–water partition coefficient (Wildman–Crippen LogP) is 6.04. The van der Waals surface area contributed by atoms with Gasteiger partial charge in [-0.25, -0.2) is 0 Å². The molecule has 0 amide bonds. The van der Waals surface area contributed by atoms with E-state index in [0.717, 1.165) is 13.0 Å². The SMILES string of the molecule is CCCCCCCCCCCCCCC[N+](C)([O-])CC. The van der Waals surface area contributed by atoms with Gasteiger partial charge in [0.05, 0.1) is 20.1 Å². The molecule has 0 aromatic rings. The van der Waals surface area contributed by atoms with Gasteiger partial charge in [0.1, 0.15) is 0 Å². The van der Waals surface area contributed by atoms with Crippen molar-refractivity contribution in [2.75, 3.05) is 20.1 Å². The van der Waals surface area contributed by atoms with Gasteiger partial charge in [-0.2, -0.15) is 0 Å². The maximum absolute atomic E-state index is 11.7. The van der Waals surface area contributed by atoms with E-state index in [9.17, 15) is 5.21 Å². The van der Waals surface area contributed by atoms with Gasteiger partial charge in [-0.05, 0) is 19.8 Å². The van der Waals surface area contributed by atoms with Crippen LogP contribution < -0.4 is 0 Å². The van der Waals surface area contributed by atoms with E-state index in [4.69, 9.17) is 0 Å². The molecule has 0 aliphatic heterocycles. The minimum absolute atomic E-state index is 0.0575. The Balaban J connectivity index is 3.06. The Kier molecular flexibility index (Phi) is 13.8. The van der Waals surface area contributed by atoms with Gasteiger partial charge in [-0.3, -0.25) is 0 Å². The monoisotopic (exact) mass is 285 g/mol. The average Bonchev–Trinajstić information content (AvgIpc) is 2.44. The number of hydroxylamine groups is 3. The van der Waals surface area contributed by atoms with Crippen LogP contribution in [0.3, 0.4) is 0 Å². The van der Waals surface area contributed by atoms with Crippen LogP contribution in [0.4, 0.5) is 0 Å². The Morgan fingerprint density at radius 3 is 1.30 bits per heavy atom. The molecule has 0 aliphatic carbocycles. The summed E-state index contributed by atoms with van der Waals surface area (Å²) in [6, 6.07) is 0. The van der Waals surface area contributed by atoms with E-state index in [-0.39, 0.29) is 4.65 Å². The highest BCUT2D eigenvalue weighted by molar-refractivity contribution is 4.49. The zero-order valence-corrected chi connectivity index (χ0v) is 14.5. The first-order valence-corrected chi connectivity index (χ1v) is 9.18. The van der Waals surface area contributed by atoms with Gasteiger partial charge >= 0.3 is 0 Å². The maximum atomic E-state index is 11.7. The van der Waals surface area contributed by atoms with Crippen LogP contribution >= 0.6 is 0 Å². The minimum atomic E-state index is -0.0575. The van der Waals surface area contributed by atoms with Crippen molar-refractivity contribution in [2.45, 2.75) is 97.3 Å². The molecule has 0 spiro atoms. The minimum Gasteiger partial charge on any atom is -0.633 e. The summed E-state index contributed by atoms with van der Waals surface area (Å²) >= 11 is 0. The van der Waals surface area contributed by atoms with Crippen LogP contribution in [0.1, 0.15) is 97.3 Å². The molecule has 0 rings (SSSR count). The van der Waals surface area contributed by atoms with Crippen molar-refractivity contribution in [1.82, 2.24) is 0 Å². The fourth-order valence-electron chi connectivity index (χ4n) is 2.62. The standard InChI is InChI=1S/C18H39NO/c1-4-6-7-8-9-10-11-12-13-14-15-16-17-18-19(3,20)5-2/h4-18H2,1-3H3. The zero-order valence-electron chi connectivity index (χ0n) is 14.5. The average molecular weight is 286 g/mol. The molecule has 0 saturated carbocycles. The molecule has 0 aliphatic rings. The largest absolute Gasteiger partial charge is 0.633 e. The van der Waals surface area contributed by atoms with Crippen LogP contribution in [0, 0.1) is 5.21 Å². The highest BCUT2D eigenvalue weighted by Crippen LogP contribution is 2.13. The summed E-state index contributed by atoms with van der Waals surface area (Å²) in [5, 5.41) is 11.7. The second-order valence-electron chi connectivity index (χ2n) is 6.58. The molecule has 0 saturated heterocycles. The fourth-order valence-corrected chi connectivity index (χ4v) is 2.62. The molecule has 1 atom stereocenters. The topological polar surface area (TPSA) is 23.1 Å². The van der Waals surface area contributed by atoms with Crippen molar-refractivity contribution in [3.8, 4) is 0 Å². The maximum Gasteiger partial charge on any atom is 0.0781 e. The van der Waals surface area contributed by atoms with Gasteiger partial charge in [0.25, 0.3) is 0 Å². The molecule has 0 N–H and O–H groups in total. The summed E-state index contributed by atoms with van der Waals surface area (Å²) in [4.78, 5) is 0. The first kappa shape index (κ1) is 19.9. The van der Waals surface area contributed by atoms with Gasteiger partial charge < -0.3 is 9.85 Å². The van der Waals surface area contributed by atoms with Crippen molar-refractivity contribution >= 4 is 0 Å². The summed E-state index contributed by atoms with van der Waals surface area (Å²) in [6.07, 6.45) is 17.8. The second kappa shape index (κ2) is 13.9. The van der Waals surface area contributed by atoms with E-state index in [1.807, 2.05) is 6.92 Å². The molecule has 1 unspecified atom stereocenters. The van der Waals surface area contributed by atoms with E-state index in [1.54, 1.807) is 7.05 Å². The third-order valence-corrected chi connectivity index (χ3v) is 4.40. The number of rotatable bonds is 15. The predicted molar refractivity (Wildman–Crippen MR) is 90.7 cm³/mol. The molecular weight excluding hydrogens is 246 g/mol. The quantitative estimate of drug-likeness (QED) is 0.204. The Morgan fingerprint density at radius 1 is 0.600 bits per heavy atom. The molecule has 0 aromatic heterocycles. The molecule has 0 radical (unpaired) electrons. The van der Waals surface area contributed by atoms with Crippen LogP contribution in [-0.2, 0) is 0 Å². The molecule has 2 nitrogen and oxygen atoms in total. The van der Waals surface area contributed by atoms with E-state index in [2.05, 4.69) is 6.92 Å². The Morgan fingerprint density at radius 2 is 0.950 bits per heavy atom. The number of hydrogen-bond donors (Lipinski definition) is 0. The smallest absolute Gasteiger partial charge is 0.0781 e. The van der Waals surface area contributed by atoms with Gasteiger partial charge in [0.15, 0.2) is 0 Å². The van der Waals surface area contributed by atoms with Gasteiger partial charge in [-0.15, -0.1) is 0 Å². The van der Waals surface area contributed by atoms with Crippen LogP contribution in [-0.4, -0.2) is 24.8 Å². The summed E-state index contributed by atoms with van der Waals surface area (Å²) in [5.74, 6) is 0. The highest BCUT2D eigenvalue weighted by Gasteiger charge is 2.05. The molecule has 2 heteroatoms. The third-order valence-electron chi connectivity index (χ3n) is 4.40. The number of nitrogens with zero attached hydrogens (tertiary/aromatic N) is 1. The van der Waals surface area contributed by atoms with Crippen molar-refractivity contribution in [3.63, 3.8) is 0 Å². The van der Waals surface area contributed by atoms with Gasteiger partial charge in [0, 0.05) is 0 Å². The van der Waals surface area contributed by atoms with Gasteiger partial charge in [0.2, 0.25) is 0 Å². The van der Waals surface area contributed by atoms with Crippen molar-refractivity contribution < 1.29 is 4.65 Å². The lowest BCUT2D eigenvalue weighted by Gasteiger charge is -2.37. The summed E-state index contributed by atoms with van der Waals surface area (Å²) in [5.41, 5.74) is 0. The molecule has 0 bridgehead atoms. The van der Waals surface area contributed by atoms with Crippen molar-refractivity contribution in [1.29, 1.82) is 0 Å². The lowest BCUT2D eigenvalue weighted by atomic mass is 10.0. The first-order chi connectivity index (χ1) is 9.62. The van der Waals surface area contributed by atoms with E-state index in [0.29, 0.717) is 6.54 Å². The lowest BCUT2D eigenvalue weighted by Crippen LogP contribution is -2.37. The third kappa shape index (κ3) is 14.3. The van der Waals surface area contributed by atoms with E-state index < -0.39 is 0 Å².